The molecule has 1 aromatic carbocycles. The van der Waals surface area contributed by atoms with Crippen molar-refractivity contribution in [2.45, 2.75) is 19.9 Å². The molecule has 0 fully saturated rings. The smallest absolute Gasteiger partial charge is 0.244 e. The molecule has 0 bridgehead atoms. The standard InChI is InChI=1S/C23H26F2N6O3/c1-16-3-5-18(6-4-16)34-10-9-30(2)22(33)15-31-14-17(11-28-31)29-21(32)7-8-27-23-19(24)12-26-13-20(23)25/h3-6,11-14H,7-10,15H2,1-2H3,(H,26,27)(H,29,32). The Bertz CT molecular complexity index is 1100. The summed E-state index contributed by atoms with van der Waals surface area (Å²) >= 11 is 0. The Balaban J connectivity index is 1.38. The number of carbonyl (C=O) groups excluding carboxylic acids is 2. The molecular formula is C23H26F2N6O3. The predicted molar refractivity (Wildman–Crippen MR) is 122 cm³/mol. The molecule has 34 heavy (non-hydrogen) atoms. The first-order valence-corrected chi connectivity index (χ1v) is 10.6. The van der Waals surface area contributed by atoms with Crippen molar-refractivity contribution >= 4 is 23.2 Å². The van der Waals surface area contributed by atoms with E-state index in [2.05, 4.69) is 20.7 Å². The topological polar surface area (TPSA) is 101 Å². The zero-order valence-electron chi connectivity index (χ0n) is 18.9. The second-order valence-corrected chi connectivity index (χ2v) is 7.61. The summed E-state index contributed by atoms with van der Waals surface area (Å²) in [7, 11) is 1.68. The molecule has 11 heteroatoms. The van der Waals surface area contributed by atoms with Gasteiger partial charge in [0.15, 0.2) is 11.6 Å². The van der Waals surface area contributed by atoms with E-state index >= 15 is 0 Å². The van der Waals surface area contributed by atoms with Crippen LogP contribution in [0.5, 0.6) is 5.75 Å². The number of aromatic nitrogens is 3. The van der Waals surface area contributed by atoms with E-state index in [1.807, 2.05) is 31.2 Å². The molecule has 0 saturated heterocycles. The zero-order chi connectivity index (χ0) is 24.5. The van der Waals surface area contributed by atoms with E-state index in [4.69, 9.17) is 4.74 Å². The zero-order valence-corrected chi connectivity index (χ0v) is 18.9. The Morgan fingerprint density at radius 3 is 2.53 bits per heavy atom. The van der Waals surface area contributed by atoms with Crippen LogP contribution in [-0.4, -0.2) is 58.2 Å². The van der Waals surface area contributed by atoms with Crippen LogP contribution in [0.3, 0.4) is 0 Å². The summed E-state index contributed by atoms with van der Waals surface area (Å²) in [6.45, 7) is 2.77. The second-order valence-electron chi connectivity index (χ2n) is 7.61. The number of nitrogens with one attached hydrogen (secondary N) is 2. The summed E-state index contributed by atoms with van der Waals surface area (Å²) in [6.07, 6.45) is 4.68. The molecule has 0 aliphatic carbocycles. The number of carbonyl (C=O) groups is 2. The van der Waals surface area contributed by atoms with Crippen LogP contribution < -0.4 is 15.4 Å². The maximum atomic E-state index is 13.5. The van der Waals surface area contributed by atoms with Gasteiger partial charge in [-0.1, -0.05) is 17.7 Å². The van der Waals surface area contributed by atoms with E-state index < -0.39 is 11.6 Å². The minimum atomic E-state index is -0.835. The van der Waals surface area contributed by atoms with Crippen molar-refractivity contribution in [2.75, 3.05) is 37.4 Å². The minimum absolute atomic E-state index is 0.000938. The predicted octanol–water partition coefficient (Wildman–Crippen LogP) is 2.84. The Morgan fingerprint density at radius 1 is 1.12 bits per heavy atom. The lowest BCUT2D eigenvalue weighted by atomic mass is 10.2. The van der Waals surface area contributed by atoms with Crippen LogP contribution in [0.2, 0.25) is 0 Å². The van der Waals surface area contributed by atoms with Crippen molar-refractivity contribution in [1.82, 2.24) is 19.7 Å². The molecule has 9 nitrogen and oxygen atoms in total. The van der Waals surface area contributed by atoms with Crippen LogP contribution >= 0.6 is 0 Å². The maximum absolute atomic E-state index is 13.5. The summed E-state index contributed by atoms with van der Waals surface area (Å²) in [5.74, 6) is -1.47. The molecule has 2 amide bonds. The molecule has 0 spiro atoms. The largest absolute Gasteiger partial charge is 0.492 e. The minimum Gasteiger partial charge on any atom is -0.492 e. The molecule has 180 valence electrons. The fourth-order valence-electron chi connectivity index (χ4n) is 2.94. The average molecular weight is 472 g/mol. The maximum Gasteiger partial charge on any atom is 0.244 e. The van der Waals surface area contributed by atoms with Crippen molar-refractivity contribution < 1.29 is 23.1 Å². The molecule has 0 atom stereocenters. The van der Waals surface area contributed by atoms with Gasteiger partial charge < -0.3 is 20.3 Å². The van der Waals surface area contributed by atoms with Crippen LogP contribution in [0.25, 0.3) is 0 Å². The number of nitrogens with zero attached hydrogens (tertiary/aromatic N) is 4. The highest BCUT2D eigenvalue weighted by Gasteiger charge is 2.13. The molecule has 3 aromatic rings. The van der Waals surface area contributed by atoms with E-state index in [0.717, 1.165) is 23.7 Å². The molecule has 0 saturated carbocycles. The van der Waals surface area contributed by atoms with Crippen LogP contribution in [0, 0.1) is 18.6 Å². The molecule has 0 aliphatic rings. The SMILES string of the molecule is Cc1ccc(OCCN(C)C(=O)Cn2cc(NC(=O)CCNc3c(F)cncc3F)cn2)cc1. The number of pyridine rings is 1. The lowest BCUT2D eigenvalue weighted by Crippen LogP contribution is -2.33. The number of benzene rings is 1. The fourth-order valence-corrected chi connectivity index (χ4v) is 2.94. The quantitative estimate of drug-likeness (QED) is 0.445. The third-order valence-electron chi connectivity index (χ3n) is 4.86. The van der Waals surface area contributed by atoms with Gasteiger partial charge >= 0.3 is 0 Å². The Hall–Kier alpha value is -4.02. The molecule has 2 aromatic heterocycles. The number of anilines is 2. The molecule has 0 aliphatic heterocycles. The summed E-state index contributed by atoms with van der Waals surface area (Å²) in [5.41, 5.74) is 1.22. The van der Waals surface area contributed by atoms with Crippen molar-refractivity contribution in [3.63, 3.8) is 0 Å². The van der Waals surface area contributed by atoms with Crippen molar-refractivity contribution in [2.24, 2.45) is 0 Å². The van der Waals surface area contributed by atoms with Crippen LogP contribution in [0.1, 0.15) is 12.0 Å². The molecule has 0 radical (unpaired) electrons. The number of aryl methyl sites for hydroxylation is 1. The molecule has 2 N–H and O–H groups in total. The van der Waals surface area contributed by atoms with Gasteiger partial charge in [0.1, 0.15) is 24.6 Å². The van der Waals surface area contributed by atoms with Gasteiger partial charge in [-0.25, -0.2) is 8.78 Å². The Kier molecular flexibility index (Phi) is 8.49. The number of rotatable bonds is 11. The first kappa shape index (κ1) is 24.6. The van der Waals surface area contributed by atoms with Gasteiger partial charge in [-0.05, 0) is 19.1 Å². The van der Waals surface area contributed by atoms with Crippen LogP contribution in [-0.2, 0) is 16.1 Å². The number of hydrogen-bond acceptors (Lipinski definition) is 6. The third kappa shape index (κ3) is 7.26. The number of halogens is 2. The fraction of sp³-hybridized carbons (Fsp3) is 0.304. The van der Waals surface area contributed by atoms with Gasteiger partial charge in [0, 0.05) is 26.2 Å². The summed E-state index contributed by atoms with van der Waals surface area (Å²) in [4.78, 5) is 29.4. The van der Waals surface area contributed by atoms with Gasteiger partial charge in [0.2, 0.25) is 11.8 Å². The van der Waals surface area contributed by atoms with Gasteiger partial charge in [-0.2, -0.15) is 5.10 Å². The van der Waals surface area contributed by atoms with Gasteiger partial charge in [0.05, 0.1) is 30.8 Å². The van der Waals surface area contributed by atoms with E-state index in [1.165, 1.54) is 22.0 Å². The number of hydrogen-bond donors (Lipinski definition) is 2. The van der Waals surface area contributed by atoms with Crippen LogP contribution in [0.4, 0.5) is 20.2 Å². The van der Waals surface area contributed by atoms with E-state index in [9.17, 15) is 18.4 Å². The molecule has 3 rings (SSSR count). The number of amides is 2. The Morgan fingerprint density at radius 2 is 1.82 bits per heavy atom. The Labute approximate surface area is 195 Å². The van der Waals surface area contributed by atoms with Crippen molar-refractivity contribution in [1.29, 1.82) is 0 Å². The number of ether oxygens (including phenoxy) is 1. The normalized spacial score (nSPS) is 10.6. The lowest BCUT2D eigenvalue weighted by molar-refractivity contribution is -0.131. The van der Waals surface area contributed by atoms with E-state index in [0.29, 0.717) is 18.8 Å². The first-order valence-electron chi connectivity index (χ1n) is 10.6. The number of likely N-dealkylation sites (N-methyl/N-ethyl adjacent to an activating group) is 1. The van der Waals surface area contributed by atoms with Gasteiger partial charge in [-0.15, -0.1) is 0 Å². The monoisotopic (exact) mass is 472 g/mol. The van der Waals surface area contributed by atoms with Gasteiger partial charge in [0.25, 0.3) is 0 Å². The summed E-state index contributed by atoms with van der Waals surface area (Å²) < 4.78 is 34.1. The second kappa shape index (κ2) is 11.7. The van der Waals surface area contributed by atoms with Crippen LogP contribution in [0.15, 0.2) is 49.1 Å². The molecular weight excluding hydrogens is 446 g/mol. The first-order chi connectivity index (χ1) is 16.3. The molecule has 2 heterocycles. The average Bonchev–Trinajstić information content (AvgIpc) is 3.23. The van der Waals surface area contributed by atoms with E-state index in [-0.39, 0.29) is 37.0 Å². The summed E-state index contributed by atoms with van der Waals surface area (Å²) in [6, 6.07) is 7.66. The third-order valence-corrected chi connectivity index (χ3v) is 4.86. The van der Waals surface area contributed by atoms with Crippen molar-refractivity contribution in [3.8, 4) is 5.75 Å². The lowest BCUT2D eigenvalue weighted by Gasteiger charge is -2.17. The molecule has 0 unspecified atom stereocenters. The highest BCUT2D eigenvalue weighted by molar-refractivity contribution is 5.90. The van der Waals surface area contributed by atoms with E-state index in [1.54, 1.807) is 7.05 Å². The highest BCUT2D eigenvalue weighted by atomic mass is 19.1. The highest BCUT2D eigenvalue weighted by Crippen LogP contribution is 2.16. The summed E-state index contributed by atoms with van der Waals surface area (Å²) in [5, 5.41) is 9.25. The van der Waals surface area contributed by atoms with Crippen molar-refractivity contribution in [3.05, 3.63) is 66.3 Å². The van der Waals surface area contributed by atoms with Gasteiger partial charge in [-0.3, -0.25) is 19.3 Å².